The predicted molar refractivity (Wildman–Crippen MR) is 122 cm³/mol. The minimum atomic E-state index is -0.685. The first-order valence-electron chi connectivity index (χ1n) is 10.4. The van der Waals surface area contributed by atoms with Gasteiger partial charge in [-0.1, -0.05) is 66.7 Å². The van der Waals surface area contributed by atoms with Crippen LogP contribution in [0.3, 0.4) is 0 Å². The van der Waals surface area contributed by atoms with E-state index in [1.165, 1.54) is 0 Å². The van der Waals surface area contributed by atoms with E-state index >= 15 is 0 Å². The molecule has 0 radical (unpaired) electrons. The van der Waals surface area contributed by atoms with E-state index in [2.05, 4.69) is 10.6 Å². The summed E-state index contributed by atoms with van der Waals surface area (Å²) >= 11 is 0. The Balaban J connectivity index is 1.60. The second-order valence-electron chi connectivity index (χ2n) is 7.44. The largest absolute Gasteiger partial charge is 0.491 e. The van der Waals surface area contributed by atoms with Gasteiger partial charge < -0.3 is 15.4 Å². The van der Waals surface area contributed by atoms with Crippen molar-refractivity contribution in [3.8, 4) is 5.75 Å². The van der Waals surface area contributed by atoms with Crippen molar-refractivity contribution < 1.29 is 14.3 Å². The highest BCUT2D eigenvalue weighted by molar-refractivity contribution is 5.97. The van der Waals surface area contributed by atoms with Crippen LogP contribution in [0, 0.1) is 13.8 Å². The van der Waals surface area contributed by atoms with Crippen molar-refractivity contribution in [1.29, 1.82) is 0 Å². The molecule has 3 aromatic rings. The molecule has 5 nitrogen and oxygen atoms in total. The zero-order valence-electron chi connectivity index (χ0n) is 17.9. The van der Waals surface area contributed by atoms with Crippen LogP contribution in [0.15, 0.2) is 78.9 Å². The van der Waals surface area contributed by atoms with E-state index in [0.29, 0.717) is 25.1 Å². The first kappa shape index (κ1) is 22.1. The van der Waals surface area contributed by atoms with Crippen molar-refractivity contribution in [2.75, 3.05) is 13.2 Å². The Kier molecular flexibility index (Phi) is 7.82. The number of hydrogen-bond acceptors (Lipinski definition) is 3. The van der Waals surface area contributed by atoms with Crippen LogP contribution in [0.2, 0.25) is 0 Å². The van der Waals surface area contributed by atoms with E-state index in [1.807, 2.05) is 68.4 Å². The Hall–Kier alpha value is -3.60. The molecule has 0 aliphatic rings. The summed E-state index contributed by atoms with van der Waals surface area (Å²) in [5, 5.41) is 5.76. The molecular weight excluding hydrogens is 388 g/mol. The highest BCUT2D eigenvalue weighted by Gasteiger charge is 2.21. The van der Waals surface area contributed by atoms with Crippen LogP contribution in [0.4, 0.5) is 0 Å². The van der Waals surface area contributed by atoms with Gasteiger partial charge in [0.2, 0.25) is 5.91 Å². The quantitative estimate of drug-likeness (QED) is 0.521. The van der Waals surface area contributed by atoms with Crippen LogP contribution in [-0.4, -0.2) is 31.0 Å². The van der Waals surface area contributed by atoms with E-state index in [0.717, 1.165) is 22.4 Å². The smallest absolute Gasteiger partial charge is 0.251 e. The first-order valence-corrected chi connectivity index (χ1v) is 10.4. The van der Waals surface area contributed by atoms with E-state index in [-0.39, 0.29) is 11.8 Å². The zero-order chi connectivity index (χ0) is 22.1. The van der Waals surface area contributed by atoms with Gasteiger partial charge in [0.05, 0.1) is 6.54 Å². The maximum Gasteiger partial charge on any atom is 0.251 e. The third-order valence-corrected chi connectivity index (χ3v) is 5.00. The van der Waals surface area contributed by atoms with Crippen molar-refractivity contribution in [3.05, 3.63) is 101 Å². The lowest BCUT2D eigenvalue weighted by Crippen LogP contribution is -2.48. The van der Waals surface area contributed by atoms with Gasteiger partial charge in [0.15, 0.2) is 0 Å². The van der Waals surface area contributed by atoms with E-state index in [9.17, 15) is 9.59 Å². The Bertz CT molecular complexity index is 983. The summed E-state index contributed by atoms with van der Waals surface area (Å²) in [4.78, 5) is 25.5. The minimum Gasteiger partial charge on any atom is -0.491 e. The number of amides is 2. The van der Waals surface area contributed by atoms with Gasteiger partial charge in [-0.15, -0.1) is 0 Å². The van der Waals surface area contributed by atoms with E-state index in [1.54, 1.807) is 24.3 Å². The average Bonchev–Trinajstić information content (AvgIpc) is 2.79. The van der Waals surface area contributed by atoms with Gasteiger partial charge in [-0.25, -0.2) is 0 Å². The van der Waals surface area contributed by atoms with Crippen LogP contribution in [0.25, 0.3) is 0 Å². The predicted octanol–water partition coefficient (Wildman–Crippen LogP) is 3.84. The van der Waals surface area contributed by atoms with Gasteiger partial charge in [-0.05, 0) is 42.7 Å². The molecule has 2 amide bonds. The number of hydrogen-bond donors (Lipinski definition) is 2. The third kappa shape index (κ3) is 6.44. The Morgan fingerprint density at radius 1 is 0.839 bits per heavy atom. The molecule has 160 valence electrons. The van der Waals surface area contributed by atoms with Crippen molar-refractivity contribution >= 4 is 11.8 Å². The summed E-state index contributed by atoms with van der Waals surface area (Å²) in [5.41, 5.74) is 3.61. The summed E-state index contributed by atoms with van der Waals surface area (Å²) < 4.78 is 5.86. The monoisotopic (exact) mass is 416 g/mol. The van der Waals surface area contributed by atoms with Gasteiger partial charge in [0, 0.05) is 12.0 Å². The Morgan fingerprint density at radius 3 is 2.10 bits per heavy atom. The Labute approximate surface area is 183 Å². The van der Waals surface area contributed by atoms with Crippen LogP contribution < -0.4 is 15.4 Å². The van der Waals surface area contributed by atoms with Gasteiger partial charge in [0.25, 0.3) is 5.91 Å². The number of benzene rings is 3. The van der Waals surface area contributed by atoms with Crippen LogP contribution in [0.1, 0.15) is 27.0 Å². The summed E-state index contributed by atoms with van der Waals surface area (Å²) in [6.07, 6.45) is 0.406. The number of aryl methyl sites for hydroxylation is 2. The highest BCUT2D eigenvalue weighted by Crippen LogP contribution is 2.21. The number of carbonyl (C=O) groups is 2. The first-order chi connectivity index (χ1) is 15.0. The molecular formula is C26H28N2O3. The highest BCUT2D eigenvalue weighted by atomic mass is 16.5. The topological polar surface area (TPSA) is 67.4 Å². The molecule has 31 heavy (non-hydrogen) atoms. The molecule has 0 saturated heterocycles. The molecule has 0 aliphatic heterocycles. The number of rotatable bonds is 9. The van der Waals surface area contributed by atoms with Gasteiger partial charge >= 0.3 is 0 Å². The zero-order valence-corrected chi connectivity index (χ0v) is 17.9. The number of para-hydroxylation sites is 1. The summed E-state index contributed by atoms with van der Waals surface area (Å²) in [6, 6.07) is 23.8. The molecule has 2 N–H and O–H groups in total. The van der Waals surface area contributed by atoms with Crippen molar-refractivity contribution in [3.63, 3.8) is 0 Å². The fourth-order valence-corrected chi connectivity index (χ4v) is 3.37. The third-order valence-electron chi connectivity index (χ3n) is 5.00. The normalized spacial score (nSPS) is 11.4. The molecule has 0 spiro atoms. The Morgan fingerprint density at radius 2 is 1.45 bits per heavy atom. The second-order valence-corrected chi connectivity index (χ2v) is 7.44. The van der Waals surface area contributed by atoms with Crippen LogP contribution in [0.5, 0.6) is 5.75 Å². The molecule has 0 saturated carbocycles. The van der Waals surface area contributed by atoms with E-state index in [4.69, 9.17) is 4.74 Å². The van der Waals surface area contributed by atoms with Gasteiger partial charge in [-0.3, -0.25) is 9.59 Å². The fourth-order valence-electron chi connectivity index (χ4n) is 3.37. The number of ether oxygens (including phenoxy) is 1. The molecule has 1 atom stereocenters. The van der Waals surface area contributed by atoms with Crippen LogP contribution in [-0.2, 0) is 11.2 Å². The molecule has 3 aromatic carbocycles. The standard InChI is InChI=1S/C26H28N2O3/c1-19-10-9-11-20(2)24(19)31-17-16-27-26(30)23(18-21-12-5-3-6-13-21)28-25(29)22-14-7-4-8-15-22/h3-15,23H,16-18H2,1-2H3,(H,27,30)(H,28,29)/t23-/m0/s1. The molecule has 0 bridgehead atoms. The maximum atomic E-state index is 12.9. The number of nitrogens with one attached hydrogen (secondary N) is 2. The van der Waals surface area contributed by atoms with Crippen molar-refractivity contribution in [1.82, 2.24) is 10.6 Å². The maximum absolute atomic E-state index is 12.9. The molecule has 3 rings (SSSR count). The van der Waals surface area contributed by atoms with Gasteiger partial charge in [-0.2, -0.15) is 0 Å². The lowest BCUT2D eigenvalue weighted by atomic mass is 10.0. The molecule has 0 unspecified atom stereocenters. The summed E-state index contributed by atoms with van der Waals surface area (Å²) in [7, 11) is 0. The lowest BCUT2D eigenvalue weighted by Gasteiger charge is -2.19. The fraction of sp³-hybridized carbons (Fsp3) is 0.231. The minimum absolute atomic E-state index is 0.238. The molecule has 0 aliphatic carbocycles. The number of carbonyl (C=O) groups excluding carboxylic acids is 2. The van der Waals surface area contributed by atoms with Crippen molar-refractivity contribution in [2.24, 2.45) is 0 Å². The van der Waals surface area contributed by atoms with Crippen molar-refractivity contribution in [2.45, 2.75) is 26.3 Å². The second kappa shape index (κ2) is 11.0. The molecule has 0 fully saturated rings. The van der Waals surface area contributed by atoms with E-state index < -0.39 is 6.04 Å². The van der Waals surface area contributed by atoms with Gasteiger partial charge in [0.1, 0.15) is 18.4 Å². The molecule has 0 heterocycles. The SMILES string of the molecule is Cc1cccc(C)c1OCCNC(=O)[C@H](Cc1ccccc1)NC(=O)c1ccccc1. The molecule has 5 heteroatoms. The summed E-state index contributed by atoms with van der Waals surface area (Å²) in [5.74, 6) is 0.330. The average molecular weight is 417 g/mol. The van der Waals surface area contributed by atoms with Crippen LogP contribution >= 0.6 is 0 Å². The summed E-state index contributed by atoms with van der Waals surface area (Å²) in [6.45, 7) is 4.69. The lowest BCUT2D eigenvalue weighted by molar-refractivity contribution is -0.123. The molecule has 0 aromatic heterocycles.